The highest BCUT2D eigenvalue weighted by Crippen LogP contribution is 2.16. The number of nitrogens with zero attached hydrogens (tertiary/aromatic N) is 1. The molecule has 0 saturated heterocycles. The molecule has 18 heavy (non-hydrogen) atoms. The number of methoxy groups -OCH3 is 2. The van der Waals surface area contributed by atoms with Gasteiger partial charge in [0.05, 0.1) is 19.4 Å². The highest BCUT2D eigenvalue weighted by atomic mass is 16.5. The van der Waals surface area contributed by atoms with Crippen molar-refractivity contribution in [1.29, 1.82) is 0 Å². The van der Waals surface area contributed by atoms with E-state index in [4.69, 9.17) is 10.5 Å². The van der Waals surface area contributed by atoms with Crippen molar-refractivity contribution < 1.29 is 14.3 Å². The second-order valence-corrected chi connectivity index (χ2v) is 4.07. The molecular weight excluding hydrogens is 234 g/mol. The maximum absolute atomic E-state index is 11.3. The third kappa shape index (κ3) is 3.89. The summed E-state index contributed by atoms with van der Waals surface area (Å²) in [6.07, 6.45) is 0. The molecule has 1 aromatic rings. The molecule has 0 amide bonds. The standard InChI is InChI=1S/C12H19N3O3/c1-8(7-17-2)6-14-11-9(13)4-5-10(15-11)12(16)18-3/h4-5,8H,6-7,13H2,1-3H3,(H,14,15). The van der Waals surface area contributed by atoms with Gasteiger partial charge in [0.25, 0.3) is 0 Å². The van der Waals surface area contributed by atoms with Crippen LogP contribution < -0.4 is 11.1 Å². The fourth-order valence-corrected chi connectivity index (χ4v) is 1.44. The molecule has 100 valence electrons. The molecule has 0 aliphatic carbocycles. The van der Waals surface area contributed by atoms with Gasteiger partial charge < -0.3 is 20.5 Å². The van der Waals surface area contributed by atoms with Crippen molar-refractivity contribution in [3.8, 4) is 0 Å². The number of esters is 1. The average molecular weight is 253 g/mol. The van der Waals surface area contributed by atoms with Crippen molar-refractivity contribution in [2.75, 3.05) is 38.4 Å². The minimum Gasteiger partial charge on any atom is -0.464 e. The molecular formula is C12H19N3O3. The van der Waals surface area contributed by atoms with Crippen molar-refractivity contribution in [2.24, 2.45) is 5.92 Å². The zero-order chi connectivity index (χ0) is 13.5. The number of carbonyl (C=O) groups excluding carboxylic acids is 1. The zero-order valence-corrected chi connectivity index (χ0v) is 10.9. The molecule has 1 rings (SSSR count). The van der Waals surface area contributed by atoms with E-state index in [0.717, 1.165) is 0 Å². The van der Waals surface area contributed by atoms with Gasteiger partial charge in [0.15, 0.2) is 5.69 Å². The third-order valence-corrected chi connectivity index (χ3v) is 2.39. The van der Waals surface area contributed by atoms with E-state index in [-0.39, 0.29) is 5.69 Å². The number of aromatic nitrogens is 1. The second kappa shape index (κ2) is 6.80. The van der Waals surface area contributed by atoms with Gasteiger partial charge >= 0.3 is 5.97 Å². The number of carbonyl (C=O) groups is 1. The molecule has 0 saturated carbocycles. The number of hydrogen-bond donors (Lipinski definition) is 2. The lowest BCUT2D eigenvalue weighted by Gasteiger charge is -2.13. The number of nitrogen functional groups attached to an aromatic ring is 1. The summed E-state index contributed by atoms with van der Waals surface area (Å²) in [6, 6.07) is 3.16. The number of hydrogen-bond acceptors (Lipinski definition) is 6. The molecule has 1 aromatic heterocycles. The van der Waals surface area contributed by atoms with Gasteiger partial charge in [-0.15, -0.1) is 0 Å². The topological polar surface area (TPSA) is 86.5 Å². The molecule has 0 aliphatic heterocycles. The van der Waals surface area contributed by atoms with E-state index in [9.17, 15) is 4.79 Å². The molecule has 0 spiro atoms. The Kier molecular flexibility index (Phi) is 5.38. The summed E-state index contributed by atoms with van der Waals surface area (Å²) in [6.45, 7) is 3.34. The van der Waals surface area contributed by atoms with Gasteiger partial charge in [-0.3, -0.25) is 0 Å². The number of anilines is 2. The summed E-state index contributed by atoms with van der Waals surface area (Å²) in [5, 5.41) is 3.09. The molecule has 6 heteroatoms. The number of nitrogens with two attached hydrogens (primary N) is 1. The maximum atomic E-state index is 11.3. The van der Waals surface area contributed by atoms with Gasteiger partial charge in [0, 0.05) is 13.7 Å². The first kappa shape index (κ1) is 14.2. The van der Waals surface area contributed by atoms with Gasteiger partial charge in [-0.25, -0.2) is 9.78 Å². The number of rotatable bonds is 6. The lowest BCUT2D eigenvalue weighted by Crippen LogP contribution is -2.18. The summed E-state index contributed by atoms with van der Waals surface area (Å²) >= 11 is 0. The predicted molar refractivity (Wildman–Crippen MR) is 69.5 cm³/mol. The summed E-state index contributed by atoms with van der Waals surface area (Å²) in [4.78, 5) is 15.5. The number of pyridine rings is 1. The Morgan fingerprint density at radius 2 is 2.22 bits per heavy atom. The van der Waals surface area contributed by atoms with E-state index in [1.165, 1.54) is 13.2 Å². The van der Waals surface area contributed by atoms with Crippen molar-refractivity contribution in [3.63, 3.8) is 0 Å². The Balaban J connectivity index is 2.72. The molecule has 1 atom stereocenters. The van der Waals surface area contributed by atoms with Gasteiger partial charge in [0.1, 0.15) is 5.82 Å². The van der Waals surface area contributed by atoms with Crippen molar-refractivity contribution in [3.05, 3.63) is 17.8 Å². The van der Waals surface area contributed by atoms with Gasteiger partial charge in [0.2, 0.25) is 0 Å². The zero-order valence-electron chi connectivity index (χ0n) is 10.9. The fraction of sp³-hybridized carbons (Fsp3) is 0.500. The van der Waals surface area contributed by atoms with Gasteiger partial charge in [-0.05, 0) is 18.1 Å². The summed E-state index contributed by atoms with van der Waals surface area (Å²) in [5.41, 5.74) is 6.51. The SMILES string of the molecule is COCC(C)CNc1nc(C(=O)OC)ccc1N. The van der Waals surface area contributed by atoms with Crippen LogP contribution in [0.5, 0.6) is 0 Å². The van der Waals surface area contributed by atoms with Crippen LogP contribution in [-0.2, 0) is 9.47 Å². The van der Waals surface area contributed by atoms with Crippen LogP contribution in [0, 0.1) is 5.92 Å². The maximum Gasteiger partial charge on any atom is 0.356 e. The molecule has 0 bridgehead atoms. The summed E-state index contributed by atoms with van der Waals surface area (Å²) in [5.74, 6) is 0.321. The minimum absolute atomic E-state index is 0.230. The van der Waals surface area contributed by atoms with Crippen LogP contribution in [0.15, 0.2) is 12.1 Å². The number of nitrogens with one attached hydrogen (secondary N) is 1. The largest absolute Gasteiger partial charge is 0.464 e. The second-order valence-electron chi connectivity index (χ2n) is 4.07. The van der Waals surface area contributed by atoms with E-state index in [1.54, 1.807) is 13.2 Å². The van der Waals surface area contributed by atoms with Gasteiger partial charge in [-0.1, -0.05) is 6.92 Å². The average Bonchev–Trinajstić information content (AvgIpc) is 2.37. The van der Waals surface area contributed by atoms with E-state index < -0.39 is 5.97 Å². The molecule has 3 N–H and O–H groups in total. The van der Waals surface area contributed by atoms with E-state index >= 15 is 0 Å². The first-order valence-corrected chi connectivity index (χ1v) is 5.66. The molecule has 0 aliphatic rings. The molecule has 6 nitrogen and oxygen atoms in total. The highest BCUT2D eigenvalue weighted by Gasteiger charge is 2.11. The lowest BCUT2D eigenvalue weighted by molar-refractivity contribution is 0.0594. The van der Waals surface area contributed by atoms with Crippen LogP contribution in [0.2, 0.25) is 0 Å². The third-order valence-electron chi connectivity index (χ3n) is 2.39. The molecule has 1 unspecified atom stereocenters. The molecule has 1 heterocycles. The van der Waals surface area contributed by atoms with Crippen molar-refractivity contribution >= 4 is 17.5 Å². The predicted octanol–water partition coefficient (Wildman–Crippen LogP) is 1.14. The first-order valence-electron chi connectivity index (χ1n) is 5.66. The Morgan fingerprint density at radius 3 is 2.83 bits per heavy atom. The number of ether oxygens (including phenoxy) is 2. The van der Waals surface area contributed by atoms with Crippen molar-refractivity contribution in [2.45, 2.75) is 6.92 Å². The Morgan fingerprint density at radius 1 is 1.50 bits per heavy atom. The lowest BCUT2D eigenvalue weighted by atomic mass is 10.2. The smallest absolute Gasteiger partial charge is 0.356 e. The Bertz CT molecular complexity index is 410. The Hall–Kier alpha value is -1.82. The summed E-state index contributed by atoms with van der Waals surface area (Å²) < 4.78 is 9.64. The fourth-order valence-electron chi connectivity index (χ4n) is 1.44. The Labute approximate surface area is 106 Å². The van der Waals surface area contributed by atoms with Crippen LogP contribution in [-0.4, -0.2) is 38.3 Å². The van der Waals surface area contributed by atoms with Crippen LogP contribution >= 0.6 is 0 Å². The monoisotopic (exact) mass is 253 g/mol. The van der Waals surface area contributed by atoms with E-state index in [2.05, 4.69) is 15.0 Å². The molecule has 0 radical (unpaired) electrons. The van der Waals surface area contributed by atoms with Crippen LogP contribution in [0.4, 0.5) is 11.5 Å². The summed E-state index contributed by atoms with van der Waals surface area (Å²) in [7, 11) is 2.97. The molecule has 0 fully saturated rings. The van der Waals surface area contributed by atoms with Gasteiger partial charge in [-0.2, -0.15) is 0 Å². The van der Waals surface area contributed by atoms with Crippen LogP contribution in [0.1, 0.15) is 17.4 Å². The van der Waals surface area contributed by atoms with Crippen LogP contribution in [0.3, 0.4) is 0 Å². The normalized spacial score (nSPS) is 11.9. The van der Waals surface area contributed by atoms with E-state index in [0.29, 0.717) is 30.6 Å². The minimum atomic E-state index is -0.483. The van der Waals surface area contributed by atoms with E-state index in [1.807, 2.05) is 6.92 Å². The molecule has 0 aromatic carbocycles. The first-order chi connectivity index (χ1) is 8.58. The van der Waals surface area contributed by atoms with Crippen LogP contribution in [0.25, 0.3) is 0 Å². The van der Waals surface area contributed by atoms with Crippen molar-refractivity contribution in [1.82, 2.24) is 4.98 Å². The quantitative estimate of drug-likeness (QED) is 0.739. The highest BCUT2D eigenvalue weighted by molar-refractivity contribution is 5.88.